The summed E-state index contributed by atoms with van der Waals surface area (Å²) in [6.07, 6.45) is 2.46. The third-order valence-corrected chi connectivity index (χ3v) is 6.19. The van der Waals surface area contributed by atoms with Crippen LogP contribution in [0.4, 0.5) is 0 Å². The number of nitrogens with two attached hydrogens (primary N) is 2. The lowest BCUT2D eigenvalue weighted by Crippen LogP contribution is -2.58. The zero-order valence-corrected chi connectivity index (χ0v) is 21.6. The van der Waals surface area contributed by atoms with Crippen molar-refractivity contribution in [1.82, 2.24) is 16.0 Å². The van der Waals surface area contributed by atoms with E-state index in [9.17, 15) is 29.4 Å². The number of hydrogen-bond acceptors (Lipinski definition) is 8. The van der Waals surface area contributed by atoms with Crippen molar-refractivity contribution in [3.63, 3.8) is 0 Å². The second-order valence-electron chi connectivity index (χ2n) is 8.54. The van der Waals surface area contributed by atoms with Gasteiger partial charge in [0.25, 0.3) is 0 Å². The summed E-state index contributed by atoms with van der Waals surface area (Å²) in [7, 11) is 0. The summed E-state index contributed by atoms with van der Waals surface area (Å²) < 4.78 is 0. The fourth-order valence-electron chi connectivity index (χ4n) is 3.35. The number of benzene rings is 1. The lowest BCUT2D eigenvalue weighted by atomic mass is 10.0. The summed E-state index contributed by atoms with van der Waals surface area (Å²) in [6.45, 7) is 1.78. The second-order valence-corrected chi connectivity index (χ2v) is 9.53. The Labute approximate surface area is 216 Å². The Morgan fingerprint density at radius 3 is 2.06 bits per heavy atom. The normalized spacial score (nSPS) is 15.1. The third-order valence-electron chi connectivity index (χ3n) is 5.54. The van der Waals surface area contributed by atoms with E-state index in [1.807, 2.05) is 12.3 Å². The molecule has 11 nitrogen and oxygen atoms in total. The van der Waals surface area contributed by atoms with E-state index in [1.54, 1.807) is 24.3 Å². The van der Waals surface area contributed by atoms with Gasteiger partial charge in [-0.3, -0.25) is 14.4 Å². The van der Waals surface area contributed by atoms with Crippen LogP contribution in [0.5, 0.6) is 0 Å². The first-order valence-corrected chi connectivity index (χ1v) is 13.3. The highest BCUT2D eigenvalue weighted by molar-refractivity contribution is 7.98. The van der Waals surface area contributed by atoms with Gasteiger partial charge in [-0.1, -0.05) is 30.3 Å². The highest BCUT2D eigenvalue weighted by Crippen LogP contribution is 2.08. The molecule has 5 unspecified atom stereocenters. The largest absolute Gasteiger partial charge is 0.480 e. The first kappa shape index (κ1) is 31.4. The minimum atomic E-state index is -1.22. The average molecular weight is 526 g/mol. The molecule has 0 radical (unpaired) electrons. The summed E-state index contributed by atoms with van der Waals surface area (Å²) in [6, 6.07) is 4.53. The van der Waals surface area contributed by atoms with E-state index in [1.165, 1.54) is 18.7 Å². The number of carboxylic acid groups (broad SMARTS) is 1. The maximum atomic E-state index is 13.2. The van der Waals surface area contributed by atoms with Crippen LogP contribution in [0.2, 0.25) is 0 Å². The van der Waals surface area contributed by atoms with Gasteiger partial charge in [-0.2, -0.15) is 11.8 Å². The van der Waals surface area contributed by atoms with Crippen LogP contribution in [0.3, 0.4) is 0 Å². The highest BCUT2D eigenvalue weighted by atomic mass is 32.2. The summed E-state index contributed by atoms with van der Waals surface area (Å²) in [5.41, 5.74) is 11.9. The molecule has 0 spiro atoms. The molecule has 0 aliphatic rings. The van der Waals surface area contributed by atoms with Crippen LogP contribution in [0.1, 0.15) is 38.2 Å². The second kappa shape index (κ2) is 16.9. The van der Waals surface area contributed by atoms with Crippen LogP contribution in [-0.4, -0.2) is 82.7 Å². The molecule has 0 saturated heterocycles. The van der Waals surface area contributed by atoms with Gasteiger partial charge < -0.3 is 37.6 Å². The maximum absolute atomic E-state index is 13.2. The molecule has 1 rings (SSSR count). The summed E-state index contributed by atoms with van der Waals surface area (Å²) in [5, 5.41) is 26.9. The predicted octanol–water partition coefficient (Wildman–Crippen LogP) is -0.642. The monoisotopic (exact) mass is 525 g/mol. The zero-order valence-electron chi connectivity index (χ0n) is 20.8. The Morgan fingerprint density at radius 2 is 1.50 bits per heavy atom. The fourth-order valence-corrected chi connectivity index (χ4v) is 3.82. The number of carbonyl (C=O) groups is 4. The van der Waals surface area contributed by atoms with Crippen LogP contribution >= 0.6 is 11.8 Å². The number of nitrogens with one attached hydrogen (secondary N) is 3. The maximum Gasteiger partial charge on any atom is 0.326 e. The quantitative estimate of drug-likeness (QED) is 0.129. The molecule has 0 aliphatic carbocycles. The van der Waals surface area contributed by atoms with Crippen molar-refractivity contribution in [2.45, 2.75) is 69.3 Å². The van der Waals surface area contributed by atoms with Gasteiger partial charge in [-0.15, -0.1) is 0 Å². The Balaban J connectivity index is 3.07. The van der Waals surface area contributed by atoms with E-state index in [0.29, 0.717) is 25.1 Å². The number of rotatable bonds is 17. The van der Waals surface area contributed by atoms with Gasteiger partial charge in [0.2, 0.25) is 17.7 Å². The van der Waals surface area contributed by atoms with Gasteiger partial charge in [0.15, 0.2) is 0 Å². The Morgan fingerprint density at radius 1 is 0.917 bits per heavy atom. The van der Waals surface area contributed by atoms with Crippen LogP contribution in [0.25, 0.3) is 0 Å². The molecule has 12 heteroatoms. The number of unbranched alkanes of at least 4 members (excludes halogenated alkanes) is 1. The first-order valence-electron chi connectivity index (χ1n) is 11.9. The molecule has 0 aromatic heterocycles. The zero-order chi connectivity index (χ0) is 27.1. The SMILES string of the molecule is CSCCC(NC(=O)C(N)C(C)O)C(=O)NC(Cc1ccccc1)C(=O)NC(CCCCN)C(=O)O. The first-order chi connectivity index (χ1) is 17.1. The molecule has 0 aliphatic heterocycles. The molecular formula is C24H39N5O6S. The average Bonchev–Trinajstić information content (AvgIpc) is 2.85. The minimum absolute atomic E-state index is 0.115. The number of carboxylic acids is 1. The molecule has 0 fully saturated rings. The van der Waals surface area contributed by atoms with Crippen LogP contribution in [0, 0.1) is 0 Å². The Kier molecular flexibility index (Phi) is 14.7. The molecule has 5 atom stereocenters. The van der Waals surface area contributed by atoms with E-state index < -0.39 is 54.0 Å². The number of hydrogen-bond donors (Lipinski definition) is 7. The molecule has 36 heavy (non-hydrogen) atoms. The molecule has 3 amide bonds. The van der Waals surface area contributed by atoms with E-state index >= 15 is 0 Å². The third kappa shape index (κ3) is 11.4. The van der Waals surface area contributed by atoms with Crippen molar-refractivity contribution in [3.8, 4) is 0 Å². The van der Waals surface area contributed by atoms with Crippen LogP contribution in [-0.2, 0) is 25.6 Å². The summed E-state index contributed by atoms with van der Waals surface area (Å²) >= 11 is 1.47. The molecule has 0 heterocycles. The molecular weight excluding hydrogens is 486 g/mol. The van der Waals surface area contributed by atoms with Gasteiger partial charge in [-0.25, -0.2) is 4.79 Å². The molecule has 9 N–H and O–H groups in total. The van der Waals surface area contributed by atoms with E-state index in [2.05, 4.69) is 16.0 Å². The molecule has 0 saturated carbocycles. The van der Waals surface area contributed by atoms with Crippen LogP contribution < -0.4 is 27.4 Å². The van der Waals surface area contributed by atoms with Crippen LogP contribution in [0.15, 0.2) is 30.3 Å². The van der Waals surface area contributed by atoms with Gasteiger partial charge >= 0.3 is 5.97 Å². The number of aliphatic hydroxyl groups is 1. The van der Waals surface area contributed by atoms with Crippen molar-refractivity contribution < 1.29 is 29.4 Å². The number of carbonyl (C=O) groups excluding carboxylic acids is 3. The van der Waals surface area contributed by atoms with Crippen molar-refractivity contribution in [2.24, 2.45) is 11.5 Å². The van der Waals surface area contributed by atoms with Gasteiger partial charge in [0.05, 0.1) is 6.10 Å². The molecule has 1 aromatic rings. The van der Waals surface area contributed by atoms with Gasteiger partial charge in [0, 0.05) is 6.42 Å². The lowest BCUT2D eigenvalue weighted by molar-refractivity contribution is -0.142. The summed E-state index contributed by atoms with van der Waals surface area (Å²) in [4.78, 5) is 50.4. The van der Waals surface area contributed by atoms with Gasteiger partial charge in [-0.05, 0) is 56.7 Å². The lowest BCUT2D eigenvalue weighted by Gasteiger charge is -2.25. The molecule has 0 bridgehead atoms. The smallest absolute Gasteiger partial charge is 0.326 e. The Bertz CT molecular complexity index is 842. The minimum Gasteiger partial charge on any atom is -0.480 e. The highest BCUT2D eigenvalue weighted by Gasteiger charge is 2.31. The number of amides is 3. The molecule has 202 valence electrons. The van der Waals surface area contributed by atoms with Crippen molar-refractivity contribution >= 4 is 35.5 Å². The van der Waals surface area contributed by atoms with Crippen molar-refractivity contribution in [1.29, 1.82) is 0 Å². The standard InChI is InChI=1S/C24H39N5O6S/c1-15(30)20(26)23(33)27-17(11-13-36-2)21(31)29-19(14-16-8-4-3-5-9-16)22(32)28-18(24(34)35)10-6-7-12-25/h3-5,8-9,15,17-20,30H,6-7,10-14,25-26H2,1-2H3,(H,27,33)(H,28,32)(H,29,31)(H,34,35). The van der Waals surface area contributed by atoms with E-state index in [0.717, 1.165) is 5.56 Å². The van der Waals surface area contributed by atoms with E-state index in [-0.39, 0.29) is 19.3 Å². The Hall–Kier alpha value is -2.67. The van der Waals surface area contributed by atoms with Crippen molar-refractivity contribution in [3.05, 3.63) is 35.9 Å². The van der Waals surface area contributed by atoms with E-state index in [4.69, 9.17) is 11.5 Å². The van der Waals surface area contributed by atoms with Crippen molar-refractivity contribution in [2.75, 3.05) is 18.6 Å². The van der Waals surface area contributed by atoms with Gasteiger partial charge in [0.1, 0.15) is 24.2 Å². The number of thioether (sulfide) groups is 1. The predicted molar refractivity (Wildman–Crippen MR) is 139 cm³/mol. The molecule has 1 aromatic carbocycles. The summed E-state index contributed by atoms with van der Waals surface area (Å²) in [5.74, 6) is -2.59. The number of aliphatic carboxylic acids is 1. The fraction of sp³-hybridized carbons (Fsp3) is 0.583. The topological polar surface area (TPSA) is 197 Å². The number of aliphatic hydroxyl groups excluding tert-OH is 1.